The summed E-state index contributed by atoms with van der Waals surface area (Å²) in [7, 11) is 0. The maximum absolute atomic E-state index is 9.73. The molecule has 0 radical (unpaired) electrons. The van der Waals surface area contributed by atoms with Crippen LogP contribution in [-0.4, -0.2) is 23.1 Å². The van der Waals surface area contributed by atoms with Gasteiger partial charge in [-0.2, -0.15) is 0 Å². The molecule has 0 fully saturated rings. The highest BCUT2D eigenvalue weighted by Gasteiger charge is 2.12. The van der Waals surface area contributed by atoms with Crippen molar-refractivity contribution in [3.63, 3.8) is 0 Å². The van der Waals surface area contributed by atoms with E-state index in [1.165, 1.54) is 0 Å². The molecule has 0 aliphatic heterocycles. The minimum Gasteiger partial charge on any atom is -0.398 e. The smallest absolute Gasteiger partial charge is 0.0762 e. The van der Waals surface area contributed by atoms with Crippen molar-refractivity contribution in [3.05, 3.63) is 27.7 Å². The van der Waals surface area contributed by atoms with Crippen molar-refractivity contribution >= 4 is 21.6 Å². The lowest BCUT2D eigenvalue weighted by molar-refractivity contribution is 0.199. The summed E-state index contributed by atoms with van der Waals surface area (Å²) in [5.74, 6) is 0. The molecule has 4 heteroatoms. The molecule has 0 saturated carbocycles. The number of benzene rings is 1. The van der Waals surface area contributed by atoms with Crippen LogP contribution >= 0.6 is 15.9 Å². The van der Waals surface area contributed by atoms with Gasteiger partial charge in [0.15, 0.2) is 0 Å². The van der Waals surface area contributed by atoms with Gasteiger partial charge in [-0.3, -0.25) is 4.90 Å². The Bertz CT molecular complexity index is 401. The Kier molecular flexibility index (Phi) is 6.83. The van der Waals surface area contributed by atoms with Gasteiger partial charge in [-0.15, -0.1) is 0 Å². The van der Waals surface area contributed by atoms with E-state index in [1.807, 2.05) is 12.1 Å². The number of halogens is 1. The molecule has 108 valence electrons. The number of rotatable bonds is 7. The van der Waals surface area contributed by atoms with E-state index < -0.39 is 6.10 Å². The fraction of sp³-hybridized carbons (Fsp3) is 0.600. The van der Waals surface area contributed by atoms with Gasteiger partial charge in [0.2, 0.25) is 0 Å². The van der Waals surface area contributed by atoms with Gasteiger partial charge in [0.25, 0.3) is 0 Å². The molecule has 0 aromatic heterocycles. The van der Waals surface area contributed by atoms with Crippen molar-refractivity contribution in [2.75, 3.05) is 18.8 Å². The number of aliphatic hydroxyl groups excluding tert-OH is 1. The van der Waals surface area contributed by atoms with Crippen molar-refractivity contribution in [2.45, 2.75) is 46.3 Å². The molecule has 0 spiro atoms. The molecule has 0 saturated heterocycles. The van der Waals surface area contributed by atoms with Gasteiger partial charge in [-0.1, -0.05) is 13.8 Å². The highest BCUT2D eigenvalue weighted by Crippen LogP contribution is 2.29. The highest BCUT2D eigenvalue weighted by atomic mass is 79.9. The molecule has 0 aliphatic rings. The molecule has 19 heavy (non-hydrogen) atoms. The Labute approximate surface area is 124 Å². The first-order valence-electron chi connectivity index (χ1n) is 6.97. The second-order valence-corrected chi connectivity index (χ2v) is 5.88. The predicted molar refractivity (Wildman–Crippen MR) is 85.0 cm³/mol. The fourth-order valence-corrected chi connectivity index (χ4v) is 2.73. The van der Waals surface area contributed by atoms with Gasteiger partial charge in [0.05, 0.1) is 11.8 Å². The van der Waals surface area contributed by atoms with E-state index in [1.54, 1.807) is 6.92 Å². The lowest BCUT2D eigenvalue weighted by Crippen LogP contribution is -2.25. The minimum absolute atomic E-state index is 0.471. The van der Waals surface area contributed by atoms with Crippen molar-refractivity contribution < 1.29 is 5.11 Å². The quantitative estimate of drug-likeness (QED) is 0.750. The molecule has 0 amide bonds. The SMILES string of the molecule is CCCN(CCC)Cc1cc(C(C)O)cc(Br)c1N. The van der Waals surface area contributed by atoms with Crippen LogP contribution in [0.3, 0.4) is 0 Å². The Morgan fingerprint density at radius 2 is 1.84 bits per heavy atom. The third kappa shape index (κ3) is 4.79. The van der Waals surface area contributed by atoms with Crippen LogP contribution in [0.15, 0.2) is 16.6 Å². The van der Waals surface area contributed by atoms with Crippen LogP contribution in [-0.2, 0) is 6.54 Å². The van der Waals surface area contributed by atoms with Gasteiger partial charge in [0.1, 0.15) is 0 Å². The summed E-state index contributed by atoms with van der Waals surface area (Å²) in [6.07, 6.45) is 1.80. The fourth-order valence-electron chi connectivity index (χ4n) is 2.21. The van der Waals surface area contributed by atoms with E-state index in [2.05, 4.69) is 34.7 Å². The van der Waals surface area contributed by atoms with E-state index in [0.717, 1.165) is 53.8 Å². The summed E-state index contributed by atoms with van der Waals surface area (Å²) in [4.78, 5) is 2.41. The van der Waals surface area contributed by atoms with Gasteiger partial charge in [0, 0.05) is 11.0 Å². The van der Waals surface area contributed by atoms with Gasteiger partial charge in [-0.25, -0.2) is 0 Å². The number of aliphatic hydroxyl groups is 1. The molecule has 1 atom stereocenters. The van der Waals surface area contributed by atoms with Gasteiger partial charge < -0.3 is 10.8 Å². The molecule has 0 aliphatic carbocycles. The van der Waals surface area contributed by atoms with E-state index in [0.29, 0.717) is 0 Å². The van der Waals surface area contributed by atoms with Crippen molar-refractivity contribution in [2.24, 2.45) is 0 Å². The van der Waals surface area contributed by atoms with Crippen LogP contribution in [0.2, 0.25) is 0 Å². The molecule has 1 aromatic carbocycles. The third-order valence-corrected chi connectivity index (χ3v) is 3.85. The molecule has 3 N–H and O–H groups in total. The second-order valence-electron chi connectivity index (χ2n) is 5.03. The summed E-state index contributed by atoms with van der Waals surface area (Å²) in [5.41, 5.74) is 8.91. The van der Waals surface area contributed by atoms with Crippen LogP contribution in [0.25, 0.3) is 0 Å². The van der Waals surface area contributed by atoms with Crippen molar-refractivity contribution in [3.8, 4) is 0 Å². The monoisotopic (exact) mass is 328 g/mol. The third-order valence-electron chi connectivity index (χ3n) is 3.19. The average molecular weight is 329 g/mol. The average Bonchev–Trinajstić information content (AvgIpc) is 2.35. The first-order chi connectivity index (χ1) is 8.99. The zero-order chi connectivity index (χ0) is 14.4. The molecule has 1 unspecified atom stereocenters. The van der Waals surface area contributed by atoms with E-state index in [9.17, 15) is 5.11 Å². The molecular formula is C15H25BrN2O. The Morgan fingerprint density at radius 1 is 1.26 bits per heavy atom. The number of nitrogens with zero attached hydrogens (tertiary/aromatic N) is 1. The summed E-state index contributed by atoms with van der Waals surface area (Å²) in [5, 5.41) is 9.73. The minimum atomic E-state index is -0.471. The summed E-state index contributed by atoms with van der Waals surface area (Å²) in [6, 6.07) is 3.91. The Hall–Kier alpha value is -0.580. The Morgan fingerprint density at radius 3 is 2.32 bits per heavy atom. The molecule has 3 nitrogen and oxygen atoms in total. The number of nitrogen functional groups attached to an aromatic ring is 1. The normalized spacial score (nSPS) is 12.9. The number of nitrogens with two attached hydrogens (primary N) is 1. The maximum Gasteiger partial charge on any atom is 0.0762 e. The van der Waals surface area contributed by atoms with E-state index in [4.69, 9.17) is 5.73 Å². The molecular weight excluding hydrogens is 304 g/mol. The van der Waals surface area contributed by atoms with Crippen LogP contribution < -0.4 is 5.73 Å². The summed E-state index contributed by atoms with van der Waals surface area (Å²) < 4.78 is 0.869. The zero-order valence-corrected chi connectivity index (χ0v) is 13.7. The Balaban J connectivity index is 2.97. The zero-order valence-electron chi connectivity index (χ0n) is 12.1. The van der Waals surface area contributed by atoms with Crippen LogP contribution in [0.4, 0.5) is 5.69 Å². The maximum atomic E-state index is 9.73. The van der Waals surface area contributed by atoms with E-state index >= 15 is 0 Å². The summed E-state index contributed by atoms with van der Waals surface area (Å²) in [6.45, 7) is 9.14. The van der Waals surface area contributed by atoms with Crippen LogP contribution in [0.5, 0.6) is 0 Å². The molecule has 0 heterocycles. The standard InChI is InChI=1S/C15H25BrN2O/c1-4-6-18(7-5-2)10-13-8-12(11(3)19)9-14(16)15(13)17/h8-9,11,19H,4-7,10,17H2,1-3H3. The summed E-state index contributed by atoms with van der Waals surface area (Å²) >= 11 is 3.48. The molecule has 0 bridgehead atoms. The largest absolute Gasteiger partial charge is 0.398 e. The number of hydrogen-bond acceptors (Lipinski definition) is 3. The number of hydrogen-bond donors (Lipinski definition) is 2. The topological polar surface area (TPSA) is 49.5 Å². The van der Waals surface area contributed by atoms with Crippen molar-refractivity contribution in [1.82, 2.24) is 4.90 Å². The first kappa shape index (κ1) is 16.5. The predicted octanol–water partition coefficient (Wildman–Crippen LogP) is 3.71. The first-order valence-corrected chi connectivity index (χ1v) is 7.77. The highest BCUT2D eigenvalue weighted by molar-refractivity contribution is 9.10. The molecule has 1 aromatic rings. The van der Waals surface area contributed by atoms with Crippen molar-refractivity contribution in [1.29, 1.82) is 0 Å². The lowest BCUT2D eigenvalue weighted by Gasteiger charge is -2.23. The van der Waals surface area contributed by atoms with Gasteiger partial charge >= 0.3 is 0 Å². The number of anilines is 1. The van der Waals surface area contributed by atoms with Crippen LogP contribution in [0, 0.1) is 0 Å². The lowest BCUT2D eigenvalue weighted by atomic mass is 10.0. The van der Waals surface area contributed by atoms with Crippen LogP contribution in [0.1, 0.15) is 50.8 Å². The molecule has 1 rings (SSSR count). The second kappa shape index (κ2) is 7.88. The van der Waals surface area contributed by atoms with E-state index in [-0.39, 0.29) is 0 Å². The van der Waals surface area contributed by atoms with Gasteiger partial charge in [-0.05, 0) is 72.0 Å².